The van der Waals surface area contributed by atoms with Gasteiger partial charge in [-0.1, -0.05) is 26.7 Å². The van der Waals surface area contributed by atoms with E-state index in [1.807, 2.05) is 0 Å². The summed E-state index contributed by atoms with van der Waals surface area (Å²) in [5, 5.41) is 3.41. The smallest absolute Gasteiger partial charge is 0.00910 e. The van der Waals surface area contributed by atoms with E-state index in [4.69, 9.17) is 0 Å². The molecule has 0 aromatic heterocycles. The van der Waals surface area contributed by atoms with Crippen molar-refractivity contribution in [2.24, 2.45) is 5.92 Å². The highest BCUT2D eigenvalue weighted by Gasteiger charge is 2.25. The summed E-state index contributed by atoms with van der Waals surface area (Å²) in [6.07, 6.45) is 5.29. The zero-order chi connectivity index (χ0) is 11.3. The predicted molar refractivity (Wildman–Crippen MR) is 67.2 cm³/mol. The van der Waals surface area contributed by atoms with E-state index in [-0.39, 0.29) is 0 Å². The fraction of sp³-hybridized carbons (Fsp3) is 1.00. The molecule has 15 heavy (non-hydrogen) atoms. The lowest BCUT2D eigenvalue weighted by Gasteiger charge is -2.39. The van der Waals surface area contributed by atoms with Gasteiger partial charge in [0.05, 0.1) is 0 Å². The molecule has 2 nitrogen and oxygen atoms in total. The minimum absolute atomic E-state index is 0.748. The van der Waals surface area contributed by atoms with Crippen molar-refractivity contribution in [2.45, 2.75) is 58.5 Å². The van der Waals surface area contributed by atoms with Crippen LogP contribution in [0, 0.1) is 5.92 Å². The Morgan fingerprint density at radius 1 is 1.33 bits per heavy atom. The molecular weight excluding hydrogens is 184 g/mol. The molecule has 1 heterocycles. The normalized spacial score (nSPS) is 28.6. The Labute approximate surface area is 95.4 Å². The maximum absolute atomic E-state index is 3.41. The van der Waals surface area contributed by atoms with Crippen LogP contribution in [0.1, 0.15) is 46.5 Å². The van der Waals surface area contributed by atoms with Gasteiger partial charge in [0, 0.05) is 18.6 Å². The molecule has 1 fully saturated rings. The summed E-state index contributed by atoms with van der Waals surface area (Å²) < 4.78 is 0. The van der Waals surface area contributed by atoms with Crippen LogP contribution in [0.25, 0.3) is 0 Å². The van der Waals surface area contributed by atoms with Gasteiger partial charge in [0.15, 0.2) is 0 Å². The molecule has 1 aliphatic heterocycles. The zero-order valence-corrected chi connectivity index (χ0v) is 10.9. The minimum atomic E-state index is 0.748. The van der Waals surface area contributed by atoms with E-state index < -0.39 is 0 Å². The third-order valence-electron chi connectivity index (χ3n) is 4.07. The van der Waals surface area contributed by atoms with Crippen molar-refractivity contribution in [3.05, 3.63) is 0 Å². The summed E-state index contributed by atoms with van der Waals surface area (Å²) in [6.45, 7) is 9.61. The lowest BCUT2D eigenvalue weighted by Crippen LogP contribution is -2.48. The van der Waals surface area contributed by atoms with Crippen molar-refractivity contribution in [2.75, 3.05) is 20.1 Å². The standard InChI is InChI=1S/C13H28N2/c1-5-12(6-2)10-15-8-7-13(14-4)9-11(15)3/h11-14H,5-10H2,1-4H3. The van der Waals surface area contributed by atoms with Crippen LogP contribution < -0.4 is 5.32 Å². The molecule has 0 aromatic rings. The Morgan fingerprint density at radius 3 is 2.47 bits per heavy atom. The summed E-state index contributed by atoms with van der Waals surface area (Å²) >= 11 is 0. The van der Waals surface area contributed by atoms with E-state index in [1.54, 1.807) is 0 Å². The van der Waals surface area contributed by atoms with Gasteiger partial charge >= 0.3 is 0 Å². The second-order valence-corrected chi connectivity index (χ2v) is 5.04. The van der Waals surface area contributed by atoms with Crippen LogP contribution in [0.2, 0.25) is 0 Å². The Kier molecular flexibility index (Phi) is 5.62. The van der Waals surface area contributed by atoms with Crippen LogP contribution in [-0.4, -0.2) is 37.1 Å². The van der Waals surface area contributed by atoms with E-state index in [0.29, 0.717) is 0 Å². The first kappa shape index (κ1) is 13.0. The van der Waals surface area contributed by atoms with E-state index in [2.05, 4.69) is 38.0 Å². The van der Waals surface area contributed by atoms with Crippen molar-refractivity contribution < 1.29 is 0 Å². The Balaban J connectivity index is 2.37. The SMILES string of the molecule is CCC(CC)CN1CCC(NC)CC1C. The molecular formula is C13H28N2. The summed E-state index contributed by atoms with van der Waals surface area (Å²) in [6, 6.07) is 1.51. The molecule has 1 aliphatic rings. The van der Waals surface area contributed by atoms with Gasteiger partial charge in [0.2, 0.25) is 0 Å². The third kappa shape index (κ3) is 3.76. The zero-order valence-electron chi connectivity index (χ0n) is 10.9. The molecule has 0 aliphatic carbocycles. The number of piperidine rings is 1. The van der Waals surface area contributed by atoms with Crippen LogP contribution in [0.15, 0.2) is 0 Å². The van der Waals surface area contributed by atoms with Crippen molar-refractivity contribution >= 4 is 0 Å². The lowest BCUT2D eigenvalue weighted by atomic mass is 9.95. The largest absolute Gasteiger partial charge is 0.317 e. The fourth-order valence-electron chi connectivity index (χ4n) is 2.63. The average Bonchev–Trinajstić information content (AvgIpc) is 2.27. The number of rotatable bonds is 5. The van der Waals surface area contributed by atoms with Gasteiger partial charge < -0.3 is 10.2 Å². The van der Waals surface area contributed by atoms with E-state index >= 15 is 0 Å². The van der Waals surface area contributed by atoms with Gasteiger partial charge in [-0.15, -0.1) is 0 Å². The summed E-state index contributed by atoms with van der Waals surface area (Å²) in [5.74, 6) is 0.901. The molecule has 1 N–H and O–H groups in total. The predicted octanol–water partition coefficient (Wildman–Crippen LogP) is 2.49. The van der Waals surface area contributed by atoms with Crippen LogP contribution in [-0.2, 0) is 0 Å². The molecule has 1 saturated heterocycles. The van der Waals surface area contributed by atoms with Crippen LogP contribution >= 0.6 is 0 Å². The second kappa shape index (κ2) is 6.49. The maximum atomic E-state index is 3.41. The Morgan fingerprint density at radius 2 is 2.00 bits per heavy atom. The van der Waals surface area contributed by atoms with Gasteiger partial charge in [-0.2, -0.15) is 0 Å². The molecule has 2 unspecified atom stereocenters. The molecule has 90 valence electrons. The number of likely N-dealkylation sites (tertiary alicyclic amines) is 1. The fourth-order valence-corrected chi connectivity index (χ4v) is 2.63. The lowest BCUT2D eigenvalue weighted by molar-refractivity contribution is 0.115. The number of hydrogen-bond acceptors (Lipinski definition) is 2. The van der Waals surface area contributed by atoms with Gasteiger partial charge in [0.1, 0.15) is 0 Å². The Hall–Kier alpha value is -0.0800. The highest BCUT2D eigenvalue weighted by molar-refractivity contribution is 4.82. The number of nitrogens with zero attached hydrogens (tertiary/aromatic N) is 1. The first-order valence-corrected chi connectivity index (χ1v) is 6.62. The molecule has 2 atom stereocenters. The van der Waals surface area contributed by atoms with Crippen molar-refractivity contribution in [3.63, 3.8) is 0 Å². The topological polar surface area (TPSA) is 15.3 Å². The third-order valence-corrected chi connectivity index (χ3v) is 4.07. The maximum Gasteiger partial charge on any atom is 0.00910 e. The molecule has 0 aromatic carbocycles. The summed E-state index contributed by atoms with van der Waals surface area (Å²) in [7, 11) is 2.09. The Bertz CT molecular complexity index is 166. The van der Waals surface area contributed by atoms with Gasteiger partial charge in [0.25, 0.3) is 0 Å². The molecule has 1 rings (SSSR count). The van der Waals surface area contributed by atoms with Gasteiger partial charge in [-0.25, -0.2) is 0 Å². The molecule has 2 heteroatoms. The number of hydrogen-bond donors (Lipinski definition) is 1. The van der Waals surface area contributed by atoms with Crippen molar-refractivity contribution in [1.29, 1.82) is 0 Å². The summed E-state index contributed by atoms with van der Waals surface area (Å²) in [4.78, 5) is 2.69. The molecule has 0 spiro atoms. The quantitative estimate of drug-likeness (QED) is 0.753. The minimum Gasteiger partial charge on any atom is -0.317 e. The summed E-state index contributed by atoms with van der Waals surface area (Å²) in [5.41, 5.74) is 0. The van der Waals surface area contributed by atoms with E-state index in [1.165, 1.54) is 38.8 Å². The van der Waals surface area contributed by atoms with Gasteiger partial charge in [-0.3, -0.25) is 0 Å². The highest BCUT2D eigenvalue weighted by atomic mass is 15.2. The highest BCUT2D eigenvalue weighted by Crippen LogP contribution is 2.20. The van der Waals surface area contributed by atoms with Crippen LogP contribution in [0.4, 0.5) is 0 Å². The average molecular weight is 212 g/mol. The van der Waals surface area contributed by atoms with Gasteiger partial charge in [-0.05, 0) is 39.3 Å². The van der Waals surface area contributed by atoms with Crippen LogP contribution in [0.3, 0.4) is 0 Å². The van der Waals surface area contributed by atoms with E-state index in [0.717, 1.165) is 18.0 Å². The second-order valence-electron chi connectivity index (χ2n) is 5.04. The molecule has 0 amide bonds. The van der Waals surface area contributed by atoms with Crippen molar-refractivity contribution in [1.82, 2.24) is 10.2 Å². The molecule has 0 bridgehead atoms. The monoisotopic (exact) mass is 212 g/mol. The molecule has 0 saturated carbocycles. The molecule has 0 radical (unpaired) electrons. The number of nitrogens with one attached hydrogen (secondary N) is 1. The van der Waals surface area contributed by atoms with Crippen LogP contribution in [0.5, 0.6) is 0 Å². The first-order valence-electron chi connectivity index (χ1n) is 6.62. The van der Waals surface area contributed by atoms with E-state index in [9.17, 15) is 0 Å². The van der Waals surface area contributed by atoms with Crippen molar-refractivity contribution in [3.8, 4) is 0 Å². The first-order chi connectivity index (χ1) is 7.21.